The summed E-state index contributed by atoms with van der Waals surface area (Å²) in [6, 6.07) is 15.8. The molecular formula is C18H21BrFN. The van der Waals surface area contributed by atoms with Gasteiger partial charge in [-0.05, 0) is 46.6 Å². The second-order valence-corrected chi connectivity index (χ2v) is 6.64. The Morgan fingerprint density at radius 1 is 1.10 bits per heavy atom. The normalized spacial score (nSPS) is 13.2. The van der Waals surface area contributed by atoms with Crippen LogP contribution in [0.4, 0.5) is 4.39 Å². The number of halogens is 2. The van der Waals surface area contributed by atoms with E-state index in [1.807, 2.05) is 19.2 Å². The molecule has 0 heterocycles. The van der Waals surface area contributed by atoms with E-state index in [9.17, 15) is 4.39 Å². The molecule has 0 aromatic heterocycles. The van der Waals surface area contributed by atoms with Gasteiger partial charge in [0.2, 0.25) is 0 Å². The van der Waals surface area contributed by atoms with Gasteiger partial charge in [-0.3, -0.25) is 0 Å². The van der Waals surface area contributed by atoms with Gasteiger partial charge >= 0.3 is 0 Å². The van der Waals surface area contributed by atoms with Crippen LogP contribution in [0.15, 0.2) is 53.0 Å². The Bertz CT molecular complexity index is 595. The lowest BCUT2D eigenvalue weighted by molar-refractivity contribution is 0.356. The zero-order valence-corrected chi connectivity index (χ0v) is 14.2. The fourth-order valence-corrected chi connectivity index (χ4v) is 3.14. The van der Waals surface area contributed by atoms with Crippen molar-refractivity contribution in [1.29, 1.82) is 0 Å². The van der Waals surface area contributed by atoms with E-state index in [4.69, 9.17) is 0 Å². The summed E-state index contributed by atoms with van der Waals surface area (Å²) in [5, 5.41) is 3.39. The highest BCUT2D eigenvalue weighted by Crippen LogP contribution is 2.31. The summed E-state index contributed by atoms with van der Waals surface area (Å²) in [7, 11) is 1.96. The van der Waals surface area contributed by atoms with Gasteiger partial charge in [-0.25, -0.2) is 4.39 Å². The smallest absolute Gasteiger partial charge is 0.137 e. The van der Waals surface area contributed by atoms with E-state index in [2.05, 4.69) is 59.4 Å². The molecule has 0 bridgehead atoms. The van der Waals surface area contributed by atoms with E-state index in [0.29, 0.717) is 4.47 Å². The van der Waals surface area contributed by atoms with Gasteiger partial charge in [0.25, 0.3) is 0 Å². The Labute approximate surface area is 134 Å². The van der Waals surface area contributed by atoms with Crippen LogP contribution in [0.2, 0.25) is 0 Å². The highest BCUT2D eigenvalue weighted by atomic mass is 79.9. The topological polar surface area (TPSA) is 12.0 Å². The van der Waals surface area contributed by atoms with Gasteiger partial charge in [0.15, 0.2) is 0 Å². The van der Waals surface area contributed by atoms with Crippen molar-refractivity contribution in [2.75, 3.05) is 7.05 Å². The number of likely N-dealkylation sites (N-methyl/N-ethyl adjacent to an activating group) is 1. The lowest BCUT2D eigenvalue weighted by Gasteiger charge is -2.35. The molecule has 2 rings (SSSR count). The summed E-state index contributed by atoms with van der Waals surface area (Å²) in [5.41, 5.74) is 2.21. The molecule has 0 fully saturated rings. The minimum absolute atomic E-state index is 0.0538. The molecular weight excluding hydrogens is 329 g/mol. The summed E-state index contributed by atoms with van der Waals surface area (Å²) in [6.07, 6.45) is 0.761. The van der Waals surface area contributed by atoms with Crippen LogP contribution >= 0.6 is 15.9 Å². The SMILES string of the molecule is CNC(Cc1cccc(F)c1Br)C(C)(C)c1ccccc1. The fourth-order valence-electron chi connectivity index (χ4n) is 2.71. The van der Waals surface area contributed by atoms with Crippen LogP contribution in [0.25, 0.3) is 0 Å². The maximum Gasteiger partial charge on any atom is 0.137 e. The molecule has 21 heavy (non-hydrogen) atoms. The molecule has 0 amide bonds. The quantitative estimate of drug-likeness (QED) is 0.825. The molecule has 0 saturated carbocycles. The van der Waals surface area contributed by atoms with Gasteiger partial charge in [0.05, 0.1) is 4.47 Å². The predicted octanol–water partition coefficient (Wildman–Crippen LogP) is 4.70. The average molecular weight is 350 g/mol. The molecule has 1 unspecified atom stereocenters. The molecule has 0 aliphatic heterocycles. The molecule has 1 N–H and O–H groups in total. The standard InChI is InChI=1S/C18H21BrFN/c1-18(2,14-9-5-4-6-10-14)16(21-3)12-13-8-7-11-15(20)17(13)19/h4-11,16,21H,12H2,1-3H3. The number of benzene rings is 2. The van der Waals surface area contributed by atoms with Crippen molar-refractivity contribution in [3.05, 3.63) is 69.9 Å². The second-order valence-electron chi connectivity index (χ2n) is 5.85. The van der Waals surface area contributed by atoms with Gasteiger partial charge in [-0.1, -0.05) is 56.3 Å². The third kappa shape index (κ3) is 3.53. The molecule has 3 heteroatoms. The van der Waals surface area contributed by atoms with Gasteiger partial charge in [0, 0.05) is 11.5 Å². The molecule has 0 spiro atoms. The van der Waals surface area contributed by atoms with Gasteiger partial charge in [-0.15, -0.1) is 0 Å². The Balaban J connectivity index is 2.29. The molecule has 2 aromatic carbocycles. The van der Waals surface area contributed by atoms with E-state index in [1.165, 1.54) is 11.6 Å². The summed E-state index contributed by atoms with van der Waals surface area (Å²) in [5.74, 6) is -0.208. The van der Waals surface area contributed by atoms with Crippen molar-refractivity contribution in [2.45, 2.75) is 31.7 Å². The Morgan fingerprint density at radius 2 is 1.76 bits per heavy atom. The zero-order valence-electron chi connectivity index (χ0n) is 12.7. The van der Waals surface area contributed by atoms with Gasteiger partial charge < -0.3 is 5.32 Å². The van der Waals surface area contributed by atoms with Crippen molar-refractivity contribution >= 4 is 15.9 Å². The Morgan fingerprint density at radius 3 is 2.38 bits per heavy atom. The molecule has 0 radical (unpaired) electrons. The van der Waals surface area contributed by atoms with Gasteiger partial charge in [0.1, 0.15) is 5.82 Å². The first-order chi connectivity index (χ1) is 9.96. The maximum absolute atomic E-state index is 13.7. The minimum atomic E-state index is -0.208. The zero-order chi connectivity index (χ0) is 15.5. The average Bonchev–Trinajstić information content (AvgIpc) is 2.49. The predicted molar refractivity (Wildman–Crippen MR) is 90.1 cm³/mol. The van der Waals surface area contributed by atoms with Crippen LogP contribution in [0.3, 0.4) is 0 Å². The molecule has 0 aliphatic rings. The third-order valence-corrected chi connectivity index (χ3v) is 5.08. The van der Waals surface area contributed by atoms with E-state index in [-0.39, 0.29) is 17.3 Å². The molecule has 0 aliphatic carbocycles. The molecule has 1 atom stereocenters. The number of hydrogen-bond donors (Lipinski definition) is 1. The first kappa shape index (κ1) is 16.2. The molecule has 112 valence electrons. The fraction of sp³-hybridized carbons (Fsp3) is 0.333. The van der Waals surface area contributed by atoms with E-state index in [0.717, 1.165) is 12.0 Å². The van der Waals surface area contributed by atoms with Crippen molar-refractivity contribution in [3.63, 3.8) is 0 Å². The summed E-state index contributed by atoms with van der Waals surface area (Å²) >= 11 is 3.36. The van der Waals surface area contributed by atoms with Crippen LogP contribution in [0.5, 0.6) is 0 Å². The lowest BCUT2D eigenvalue weighted by atomic mass is 9.75. The van der Waals surface area contributed by atoms with E-state index in [1.54, 1.807) is 6.07 Å². The van der Waals surface area contributed by atoms with Crippen molar-refractivity contribution in [1.82, 2.24) is 5.32 Å². The molecule has 1 nitrogen and oxygen atoms in total. The Kier molecular flexibility index (Phi) is 5.17. The van der Waals surface area contributed by atoms with Crippen molar-refractivity contribution in [2.24, 2.45) is 0 Å². The van der Waals surface area contributed by atoms with Crippen LogP contribution in [-0.4, -0.2) is 13.1 Å². The van der Waals surface area contributed by atoms with Crippen LogP contribution in [0.1, 0.15) is 25.0 Å². The van der Waals surface area contributed by atoms with Crippen LogP contribution < -0.4 is 5.32 Å². The first-order valence-corrected chi connectivity index (χ1v) is 7.91. The monoisotopic (exact) mass is 349 g/mol. The molecule has 0 saturated heterocycles. The number of hydrogen-bond acceptors (Lipinski definition) is 1. The highest BCUT2D eigenvalue weighted by Gasteiger charge is 2.30. The third-order valence-electron chi connectivity index (χ3n) is 4.19. The largest absolute Gasteiger partial charge is 0.316 e. The maximum atomic E-state index is 13.7. The van der Waals surface area contributed by atoms with E-state index >= 15 is 0 Å². The number of rotatable bonds is 5. The highest BCUT2D eigenvalue weighted by molar-refractivity contribution is 9.10. The summed E-state index contributed by atoms with van der Waals surface area (Å²) in [6.45, 7) is 4.44. The number of nitrogens with one attached hydrogen (secondary N) is 1. The molecule has 2 aromatic rings. The lowest BCUT2D eigenvalue weighted by Crippen LogP contribution is -2.44. The Hall–Kier alpha value is -1.19. The van der Waals surface area contributed by atoms with Crippen LogP contribution in [0, 0.1) is 5.82 Å². The van der Waals surface area contributed by atoms with Gasteiger partial charge in [-0.2, -0.15) is 0 Å². The first-order valence-electron chi connectivity index (χ1n) is 7.12. The van der Waals surface area contributed by atoms with Crippen molar-refractivity contribution < 1.29 is 4.39 Å². The minimum Gasteiger partial charge on any atom is -0.316 e. The summed E-state index contributed by atoms with van der Waals surface area (Å²) < 4.78 is 14.2. The van der Waals surface area contributed by atoms with Crippen LogP contribution in [-0.2, 0) is 11.8 Å². The second kappa shape index (κ2) is 6.71. The van der Waals surface area contributed by atoms with E-state index < -0.39 is 0 Å². The van der Waals surface area contributed by atoms with Crippen molar-refractivity contribution in [3.8, 4) is 0 Å². The summed E-state index contributed by atoms with van der Waals surface area (Å²) in [4.78, 5) is 0.